The van der Waals surface area contributed by atoms with Gasteiger partial charge in [-0.1, -0.05) is 12.1 Å². The van der Waals surface area contributed by atoms with Gasteiger partial charge in [0, 0.05) is 36.6 Å². The standard InChI is InChI=1S/C19H26N4OS/c1-13(2)23-9-3-4-15-10-14(5-7-17(15)23)11-21-18(24)8-6-16-12-25-19(20)22-16/h5,7,10,12-13H,3-4,6,8-9,11H2,1-2H3,(H2,20,22)(H,21,24). The molecule has 0 bridgehead atoms. The lowest BCUT2D eigenvalue weighted by molar-refractivity contribution is -0.121. The molecule has 1 aliphatic rings. The van der Waals surface area contributed by atoms with Gasteiger partial charge in [0.05, 0.1) is 5.69 Å². The molecule has 0 unspecified atom stereocenters. The third kappa shape index (κ3) is 4.51. The second kappa shape index (κ2) is 7.87. The smallest absolute Gasteiger partial charge is 0.220 e. The maximum Gasteiger partial charge on any atom is 0.220 e. The molecule has 0 radical (unpaired) electrons. The number of thiazole rings is 1. The molecule has 3 rings (SSSR count). The molecule has 0 saturated heterocycles. The molecule has 2 heterocycles. The zero-order valence-electron chi connectivity index (χ0n) is 14.9. The molecule has 1 aromatic heterocycles. The van der Waals surface area contributed by atoms with Gasteiger partial charge >= 0.3 is 0 Å². The van der Waals surface area contributed by atoms with Crippen molar-refractivity contribution in [3.63, 3.8) is 0 Å². The van der Waals surface area contributed by atoms with Gasteiger partial charge in [0.2, 0.25) is 5.91 Å². The highest BCUT2D eigenvalue weighted by Gasteiger charge is 2.19. The summed E-state index contributed by atoms with van der Waals surface area (Å²) in [5, 5.41) is 5.47. The summed E-state index contributed by atoms with van der Waals surface area (Å²) in [5.74, 6) is 0.0492. The Morgan fingerprint density at radius 2 is 2.28 bits per heavy atom. The number of benzene rings is 1. The first kappa shape index (κ1) is 17.7. The Hall–Kier alpha value is -2.08. The molecular weight excluding hydrogens is 332 g/mol. The molecule has 1 aromatic carbocycles. The number of carbonyl (C=O) groups excluding carboxylic acids is 1. The van der Waals surface area contributed by atoms with Crippen LogP contribution < -0.4 is 16.0 Å². The van der Waals surface area contributed by atoms with E-state index in [0.717, 1.165) is 24.2 Å². The number of amides is 1. The maximum atomic E-state index is 12.1. The van der Waals surface area contributed by atoms with Crippen LogP contribution in [0.3, 0.4) is 0 Å². The van der Waals surface area contributed by atoms with E-state index in [-0.39, 0.29) is 5.91 Å². The highest BCUT2D eigenvalue weighted by molar-refractivity contribution is 7.13. The van der Waals surface area contributed by atoms with Crippen LogP contribution in [-0.2, 0) is 24.2 Å². The number of nitrogens with two attached hydrogens (primary N) is 1. The second-order valence-corrected chi connectivity index (χ2v) is 7.70. The summed E-state index contributed by atoms with van der Waals surface area (Å²) in [4.78, 5) is 18.7. The number of hydrogen-bond donors (Lipinski definition) is 2. The Balaban J connectivity index is 1.54. The van der Waals surface area contributed by atoms with E-state index >= 15 is 0 Å². The lowest BCUT2D eigenvalue weighted by atomic mass is 9.98. The van der Waals surface area contributed by atoms with Gasteiger partial charge < -0.3 is 16.0 Å². The predicted molar refractivity (Wildman–Crippen MR) is 104 cm³/mol. The summed E-state index contributed by atoms with van der Waals surface area (Å²) in [6.07, 6.45) is 3.38. The van der Waals surface area contributed by atoms with Crippen LogP contribution in [0.25, 0.3) is 0 Å². The molecule has 1 aliphatic heterocycles. The molecule has 0 saturated carbocycles. The van der Waals surface area contributed by atoms with Crippen LogP contribution in [0.15, 0.2) is 23.6 Å². The Labute approximate surface area is 153 Å². The normalized spacial score (nSPS) is 13.8. The van der Waals surface area contributed by atoms with E-state index in [4.69, 9.17) is 5.73 Å². The third-order valence-electron chi connectivity index (χ3n) is 4.59. The minimum atomic E-state index is 0.0492. The molecule has 0 atom stereocenters. The average molecular weight is 359 g/mol. The number of aryl methyl sites for hydroxylation is 2. The van der Waals surface area contributed by atoms with Crippen LogP contribution in [0.5, 0.6) is 0 Å². The van der Waals surface area contributed by atoms with E-state index in [1.165, 1.54) is 29.0 Å². The van der Waals surface area contributed by atoms with Crippen molar-refractivity contribution in [3.05, 3.63) is 40.4 Å². The van der Waals surface area contributed by atoms with Gasteiger partial charge in [-0.2, -0.15) is 0 Å². The molecule has 25 heavy (non-hydrogen) atoms. The molecule has 6 heteroatoms. The van der Waals surface area contributed by atoms with E-state index in [9.17, 15) is 4.79 Å². The number of carbonyl (C=O) groups is 1. The second-order valence-electron chi connectivity index (χ2n) is 6.81. The number of nitrogens with zero attached hydrogens (tertiary/aromatic N) is 2. The first-order chi connectivity index (χ1) is 12.0. The summed E-state index contributed by atoms with van der Waals surface area (Å²) in [6.45, 7) is 6.17. The fraction of sp³-hybridized carbons (Fsp3) is 0.474. The number of anilines is 2. The average Bonchev–Trinajstić information content (AvgIpc) is 3.02. The van der Waals surface area contributed by atoms with Crippen molar-refractivity contribution in [1.29, 1.82) is 0 Å². The zero-order chi connectivity index (χ0) is 17.8. The van der Waals surface area contributed by atoms with Crippen molar-refractivity contribution >= 4 is 28.1 Å². The summed E-state index contributed by atoms with van der Waals surface area (Å²) in [7, 11) is 0. The Bertz CT molecular complexity index is 741. The van der Waals surface area contributed by atoms with E-state index in [0.29, 0.717) is 30.6 Å². The summed E-state index contributed by atoms with van der Waals surface area (Å²) in [5.41, 5.74) is 10.4. The van der Waals surface area contributed by atoms with Crippen molar-refractivity contribution < 1.29 is 4.79 Å². The summed E-state index contributed by atoms with van der Waals surface area (Å²) < 4.78 is 0. The van der Waals surface area contributed by atoms with Crippen LogP contribution in [0.1, 0.15) is 43.5 Å². The molecule has 134 valence electrons. The van der Waals surface area contributed by atoms with Gasteiger partial charge in [0.15, 0.2) is 5.13 Å². The number of rotatable bonds is 6. The van der Waals surface area contributed by atoms with Crippen LogP contribution in [-0.4, -0.2) is 23.5 Å². The third-order valence-corrected chi connectivity index (χ3v) is 5.31. The number of nitrogen functional groups attached to an aromatic ring is 1. The lowest BCUT2D eigenvalue weighted by Gasteiger charge is -2.35. The Morgan fingerprint density at radius 1 is 1.44 bits per heavy atom. The lowest BCUT2D eigenvalue weighted by Crippen LogP contribution is -2.35. The molecule has 1 amide bonds. The van der Waals surface area contributed by atoms with Gasteiger partial charge in [-0.25, -0.2) is 4.98 Å². The maximum absolute atomic E-state index is 12.1. The number of hydrogen-bond acceptors (Lipinski definition) is 5. The minimum Gasteiger partial charge on any atom is -0.375 e. The molecule has 5 nitrogen and oxygen atoms in total. The minimum absolute atomic E-state index is 0.0492. The van der Waals surface area contributed by atoms with E-state index in [1.54, 1.807) is 0 Å². The molecule has 0 aliphatic carbocycles. The quantitative estimate of drug-likeness (QED) is 0.832. The first-order valence-corrected chi connectivity index (χ1v) is 9.76. The fourth-order valence-electron chi connectivity index (χ4n) is 3.29. The zero-order valence-corrected chi connectivity index (χ0v) is 15.7. The first-order valence-electron chi connectivity index (χ1n) is 8.88. The van der Waals surface area contributed by atoms with Gasteiger partial charge in [0.1, 0.15) is 0 Å². The van der Waals surface area contributed by atoms with Crippen molar-refractivity contribution in [2.45, 2.75) is 52.1 Å². The molecule has 3 N–H and O–H groups in total. The van der Waals surface area contributed by atoms with E-state index < -0.39 is 0 Å². The van der Waals surface area contributed by atoms with Crippen molar-refractivity contribution in [2.24, 2.45) is 0 Å². The Morgan fingerprint density at radius 3 is 3.00 bits per heavy atom. The fourth-order valence-corrected chi connectivity index (χ4v) is 3.89. The van der Waals surface area contributed by atoms with E-state index in [1.807, 2.05) is 5.38 Å². The van der Waals surface area contributed by atoms with Crippen molar-refractivity contribution in [1.82, 2.24) is 10.3 Å². The van der Waals surface area contributed by atoms with Crippen LogP contribution in [0.4, 0.5) is 10.8 Å². The van der Waals surface area contributed by atoms with Crippen LogP contribution >= 0.6 is 11.3 Å². The van der Waals surface area contributed by atoms with Gasteiger partial charge in [-0.15, -0.1) is 11.3 Å². The highest BCUT2D eigenvalue weighted by Crippen LogP contribution is 2.29. The number of aromatic nitrogens is 1. The summed E-state index contributed by atoms with van der Waals surface area (Å²) in [6, 6.07) is 7.09. The molecular formula is C19H26N4OS. The highest BCUT2D eigenvalue weighted by atomic mass is 32.1. The molecule has 0 spiro atoms. The van der Waals surface area contributed by atoms with Gasteiger partial charge in [-0.3, -0.25) is 4.79 Å². The molecule has 0 fully saturated rings. The van der Waals surface area contributed by atoms with Crippen molar-refractivity contribution in [3.8, 4) is 0 Å². The Kier molecular flexibility index (Phi) is 5.58. The van der Waals surface area contributed by atoms with E-state index in [2.05, 4.69) is 47.2 Å². The number of nitrogens with one attached hydrogen (secondary N) is 1. The van der Waals surface area contributed by atoms with Crippen LogP contribution in [0.2, 0.25) is 0 Å². The monoisotopic (exact) mass is 358 g/mol. The largest absolute Gasteiger partial charge is 0.375 e. The molecule has 2 aromatic rings. The SMILES string of the molecule is CC(C)N1CCCc2cc(CNC(=O)CCc3csc(N)n3)ccc21. The number of fused-ring (bicyclic) bond motifs is 1. The van der Waals surface area contributed by atoms with Gasteiger partial charge in [-0.05, 0) is 50.3 Å². The summed E-state index contributed by atoms with van der Waals surface area (Å²) >= 11 is 1.41. The van der Waals surface area contributed by atoms with Crippen LogP contribution in [0, 0.1) is 0 Å². The van der Waals surface area contributed by atoms with Crippen molar-refractivity contribution in [2.75, 3.05) is 17.2 Å². The topological polar surface area (TPSA) is 71.2 Å². The van der Waals surface area contributed by atoms with Gasteiger partial charge in [0.25, 0.3) is 0 Å². The predicted octanol–water partition coefficient (Wildman–Crippen LogP) is 3.14.